The Hall–Kier alpha value is -0.700. The molecule has 3 heteroatoms. The van der Waals surface area contributed by atoms with E-state index in [0.29, 0.717) is 5.92 Å². The fourth-order valence-corrected chi connectivity index (χ4v) is 1.65. The monoisotopic (exact) mass is 256 g/mol. The second-order valence-corrected chi connectivity index (χ2v) is 4.82. The molecule has 0 bridgehead atoms. The van der Waals surface area contributed by atoms with Crippen LogP contribution < -0.4 is 11.1 Å². The molecular formula is C11H17BrN2. The van der Waals surface area contributed by atoms with Gasteiger partial charge in [-0.1, -0.05) is 13.8 Å². The van der Waals surface area contributed by atoms with Crippen LogP contribution in [0.15, 0.2) is 16.6 Å². The summed E-state index contributed by atoms with van der Waals surface area (Å²) in [6.07, 6.45) is 0. The number of nitrogen functional groups attached to an aromatic ring is 1. The molecule has 0 spiro atoms. The topological polar surface area (TPSA) is 38.0 Å². The normalized spacial score (nSPS) is 10.6. The third kappa shape index (κ3) is 2.91. The van der Waals surface area contributed by atoms with Gasteiger partial charge in [0.25, 0.3) is 0 Å². The van der Waals surface area contributed by atoms with Crippen molar-refractivity contribution >= 4 is 27.3 Å². The van der Waals surface area contributed by atoms with Crippen molar-refractivity contribution in [1.29, 1.82) is 0 Å². The predicted molar refractivity (Wildman–Crippen MR) is 66.6 cm³/mol. The lowest BCUT2D eigenvalue weighted by Gasteiger charge is -2.12. The van der Waals surface area contributed by atoms with Crippen LogP contribution in [0, 0.1) is 12.8 Å². The molecule has 1 aromatic rings. The first-order valence-corrected chi connectivity index (χ1v) is 5.59. The number of aryl methyl sites for hydroxylation is 1. The summed E-state index contributed by atoms with van der Waals surface area (Å²) < 4.78 is 1.03. The Labute approximate surface area is 94.0 Å². The van der Waals surface area contributed by atoms with Gasteiger partial charge in [0, 0.05) is 22.4 Å². The maximum absolute atomic E-state index is 5.79. The fourth-order valence-electron chi connectivity index (χ4n) is 1.15. The summed E-state index contributed by atoms with van der Waals surface area (Å²) in [5, 5.41) is 3.38. The minimum absolute atomic E-state index is 0.639. The number of anilines is 2. The Bertz CT molecular complexity index is 321. The van der Waals surface area contributed by atoms with E-state index in [9.17, 15) is 0 Å². The molecule has 0 aliphatic rings. The van der Waals surface area contributed by atoms with Crippen LogP contribution in [0.25, 0.3) is 0 Å². The van der Waals surface area contributed by atoms with Crippen molar-refractivity contribution in [2.24, 2.45) is 5.92 Å². The lowest BCUT2D eigenvalue weighted by molar-refractivity contribution is 0.688. The van der Waals surface area contributed by atoms with Crippen molar-refractivity contribution < 1.29 is 0 Å². The Morgan fingerprint density at radius 3 is 2.64 bits per heavy atom. The molecule has 1 aromatic carbocycles. The van der Waals surface area contributed by atoms with E-state index in [1.165, 1.54) is 0 Å². The molecule has 2 nitrogen and oxygen atoms in total. The molecule has 0 unspecified atom stereocenters. The first kappa shape index (κ1) is 11.4. The zero-order chi connectivity index (χ0) is 10.7. The first-order chi connectivity index (χ1) is 6.50. The highest BCUT2D eigenvalue weighted by Gasteiger charge is 2.03. The maximum Gasteiger partial charge on any atom is 0.0488 e. The van der Waals surface area contributed by atoms with E-state index in [0.717, 1.165) is 28.0 Å². The summed E-state index contributed by atoms with van der Waals surface area (Å²) in [7, 11) is 0. The van der Waals surface area contributed by atoms with Crippen molar-refractivity contribution in [3.05, 3.63) is 22.2 Å². The predicted octanol–water partition coefficient (Wildman–Crippen LogP) is 3.41. The molecule has 0 aromatic heterocycles. The second kappa shape index (κ2) is 4.69. The molecule has 1 rings (SSSR count). The fraction of sp³-hybridized carbons (Fsp3) is 0.455. The van der Waals surface area contributed by atoms with Gasteiger partial charge in [-0.15, -0.1) is 0 Å². The van der Waals surface area contributed by atoms with Crippen LogP contribution in [0.4, 0.5) is 11.4 Å². The number of nitrogens with one attached hydrogen (secondary N) is 1. The van der Waals surface area contributed by atoms with Gasteiger partial charge >= 0.3 is 0 Å². The van der Waals surface area contributed by atoms with Crippen molar-refractivity contribution in [3.63, 3.8) is 0 Å². The van der Waals surface area contributed by atoms with Gasteiger partial charge in [-0.25, -0.2) is 0 Å². The molecule has 3 N–H and O–H groups in total. The molecule has 14 heavy (non-hydrogen) atoms. The zero-order valence-corrected chi connectivity index (χ0v) is 10.5. The zero-order valence-electron chi connectivity index (χ0n) is 8.89. The van der Waals surface area contributed by atoms with Gasteiger partial charge in [-0.3, -0.25) is 0 Å². The second-order valence-electron chi connectivity index (χ2n) is 3.96. The van der Waals surface area contributed by atoms with Gasteiger partial charge in [-0.05, 0) is 46.5 Å². The molecule has 0 saturated carbocycles. The highest BCUT2D eigenvalue weighted by atomic mass is 79.9. The molecule has 0 amide bonds. The van der Waals surface area contributed by atoms with Crippen LogP contribution in [0.2, 0.25) is 0 Å². The summed E-state index contributed by atoms with van der Waals surface area (Å²) in [5.74, 6) is 0.639. The Morgan fingerprint density at radius 2 is 2.07 bits per heavy atom. The average molecular weight is 257 g/mol. The molecule has 0 radical (unpaired) electrons. The van der Waals surface area contributed by atoms with Gasteiger partial charge in [0.15, 0.2) is 0 Å². The number of nitrogens with two attached hydrogens (primary N) is 1. The lowest BCUT2D eigenvalue weighted by atomic mass is 10.1. The highest BCUT2D eigenvalue weighted by Crippen LogP contribution is 2.27. The van der Waals surface area contributed by atoms with Crippen molar-refractivity contribution in [1.82, 2.24) is 0 Å². The Morgan fingerprint density at radius 1 is 1.43 bits per heavy atom. The summed E-state index contributed by atoms with van der Waals surface area (Å²) in [6.45, 7) is 7.36. The van der Waals surface area contributed by atoms with Gasteiger partial charge in [0.1, 0.15) is 0 Å². The molecule has 0 aliphatic carbocycles. The summed E-state index contributed by atoms with van der Waals surface area (Å²) in [5.41, 5.74) is 8.84. The Balaban J connectivity index is 2.82. The first-order valence-electron chi connectivity index (χ1n) is 4.80. The lowest BCUT2D eigenvalue weighted by Crippen LogP contribution is -2.08. The molecule has 0 saturated heterocycles. The van der Waals surface area contributed by atoms with Crippen LogP contribution >= 0.6 is 15.9 Å². The van der Waals surface area contributed by atoms with Crippen LogP contribution in [-0.4, -0.2) is 6.54 Å². The smallest absolute Gasteiger partial charge is 0.0488 e. The maximum atomic E-state index is 5.79. The molecule has 0 heterocycles. The third-order valence-corrected chi connectivity index (χ3v) is 2.71. The van der Waals surface area contributed by atoms with E-state index in [4.69, 9.17) is 5.73 Å². The molecule has 0 atom stereocenters. The van der Waals surface area contributed by atoms with Gasteiger partial charge in [-0.2, -0.15) is 0 Å². The average Bonchev–Trinajstić information content (AvgIpc) is 2.09. The van der Waals surface area contributed by atoms with E-state index in [1.54, 1.807) is 0 Å². The summed E-state index contributed by atoms with van der Waals surface area (Å²) in [6, 6.07) is 4.01. The van der Waals surface area contributed by atoms with Crippen molar-refractivity contribution in [3.8, 4) is 0 Å². The highest BCUT2D eigenvalue weighted by molar-refractivity contribution is 9.10. The van der Waals surface area contributed by atoms with Gasteiger partial charge in [0.05, 0.1) is 0 Å². The van der Waals surface area contributed by atoms with E-state index >= 15 is 0 Å². The van der Waals surface area contributed by atoms with Crippen molar-refractivity contribution in [2.45, 2.75) is 20.8 Å². The molecule has 0 fully saturated rings. The standard InChI is InChI=1S/C11H17BrN2/c1-7(2)6-14-11-4-8(3)10(13)5-9(11)12/h4-5,7,14H,6,13H2,1-3H3. The van der Waals surface area contributed by atoms with E-state index in [-0.39, 0.29) is 0 Å². The number of benzene rings is 1. The molecule has 0 aliphatic heterocycles. The number of hydrogen-bond donors (Lipinski definition) is 2. The Kier molecular flexibility index (Phi) is 3.81. The molecular weight excluding hydrogens is 240 g/mol. The molecule has 78 valence electrons. The van der Waals surface area contributed by atoms with Crippen LogP contribution in [-0.2, 0) is 0 Å². The van der Waals surface area contributed by atoms with Crippen molar-refractivity contribution in [2.75, 3.05) is 17.6 Å². The number of halogens is 1. The van der Waals surface area contributed by atoms with E-state index < -0.39 is 0 Å². The SMILES string of the molecule is Cc1cc(NCC(C)C)c(Br)cc1N. The third-order valence-electron chi connectivity index (χ3n) is 2.06. The van der Waals surface area contributed by atoms with Crippen LogP contribution in [0.1, 0.15) is 19.4 Å². The van der Waals surface area contributed by atoms with Crippen LogP contribution in [0.3, 0.4) is 0 Å². The summed E-state index contributed by atoms with van der Waals surface area (Å²) in [4.78, 5) is 0. The quantitative estimate of drug-likeness (QED) is 0.814. The minimum atomic E-state index is 0.639. The van der Waals surface area contributed by atoms with E-state index in [1.807, 2.05) is 13.0 Å². The van der Waals surface area contributed by atoms with Crippen LogP contribution in [0.5, 0.6) is 0 Å². The van der Waals surface area contributed by atoms with Gasteiger partial charge < -0.3 is 11.1 Å². The number of hydrogen-bond acceptors (Lipinski definition) is 2. The summed E-state index contributed by atoms with van der Waals surface area (Å²) >= 11 is 3.49. The largest absolute Gasteiger partial charge is 0.398 e. The minimum Gasteiger partial charge on any atom is -0.398 e. The van der Waals surface area contributed by atoms with E-state index in [2.05, 4.69) is 41.2 Å². The number of rotatable bonds is 3. The van der Waals surface area contributed by atoms with Gasteiger partial charge in [0.2, 0.25) is 0 Å².